The highest BCUT2D eigenvalue weighted by atomic mass is 16.7. The molecule has 2 rings (SSSR count). The first-order valence-corrected chi connectivity index (χ1v) is 5.01. The molecule has 0 radical (unpaired) electrons. The third-order valence-corrected chi connectivity index (χ3v) is 2.12. The van der Waals surface area contributed by atoms with Crippen molar-refractivity contribution in [1.29, 1.82) is 0 Å². The van der Waals surface area contributed by atoms with Gasteiger partial charge >= 0.3 is 5.97 Å². The molecule has 0 saturated carbocycles. The largest absolute Gasteiger partial charge is 0.453 e. The lowest BCUT2D eigenvalue weighted by Crippen LogP contribution is -2.08. The van der Waals surface area contributed by atoms with Gasteiger partial charge in [0, 0.05) is 13.0 Å². The van der Waals surface area contributed by atoms with Gasteiger partial charge in [-0.1, -0.05) is 6.07 Å². The van der Waals surface area contributed by atoms with Crippen molar-refractivity contribution in [1.82, 2.24) is 0 Å². The fourth-order valence-corrected chi connectivity index (χ4v) is 1.38. The van der Waals surface area contributed by atoms with Crippen LogP contribution in [0.3, 0.4) is 0 Å². The van der Waals surface area contributed by atoms with Gasteiger partial charge in [-0.05, 0) is 18.6 Å². The fourth-order valence-electron chi connectivity index (χ4n) is 1.38. The first-order valence-electron chi connectivity index (χ1n) is 5.01. The van der Waals surface area contributed by atoms with E-state index >= 15 is 0 Å². The summed E-state index contributed by atoms with van der Waals surface area (Å²) in [5.74, 6) is 1.00. The maximum absolute atomic E-state index is 11.3. The van der Waals surface area contributed by atoms with Crippen LogP contribution in [0, 0.1) is 0 Å². The molecular formula is C11H12O5. The molecule has 5 heteroatoms. The van der Waals surface area contributed by atoms with Gasteiger partial charge in [-0.15, -0.1) is 0 Å². The van der Waals surface area contributed by atoms with Gasteiger partial charge in [0.1, 0.15) is 0 Å². The normalized spacial score (nSPS) is 12.6. The van der Waals surface area contributed by atoms with E-state index in [2.05, 4.69) is 0 Å². The average Bonchev–Trinajstić information content (AvgIpc) is 2.75. The summed E-state index contributed by atoms with van der Waals surface area (Å²) in [5.41, 5.74) is 0. The second-order valence-electron chi connectivity index (χ2n) is 3.29. The Labute approximate surface area is 92.5 Å². The van der Waals surface area contributed by atoms with Crippen molar-refractivity contribution in [2.75, 3.05) is 13.4 Å². The molecule has 0 spiro atoms. The van der Waals surface area contributed by atoms with Crippen LogP contribution in [0.15, 0.2) is 18.2 Å². The van der Waals surface area contributed by atoms with Crippen molar-refractivity contribution in [3.05, 3.63) is 18.2 Å². The molecule has 0 unspecified atom stereocenters. The Morgan fingerprint density at radius 1 is 1.44 bits per heavy atom. The van der Waals surface area contributed by atoms with Crippen molar-refractivity contribution >= 4 is 5.97 Å². The zero-order valence-electron chi connectivity index (χ0n) is 8.64. The molecule has 0 fully saturated rings. The highest BCUT2D eigenvalue weighted by molar-refractivity contribution is 5.74. The number of carbonyl (C=O) groups is 1. The standard InChI is InChI=1S/C11H12O5/c12-6-2-5-10(13)16-9-4-1-3-8-11(9)15-7-14-8/h1,3-4,12H,2,5-7H2. The Kier molecular flexibility index (Phi) is 3.26. The third-order valence-electron chi connectivity index (χ3n) is 2.12. The van der Waals surface area contributed by atoms with Gasteiger partial charge in [0.2, 0.25) is 12.5 Å². The van der Waals surface area contributed by atoms with Crippen molar-refractivity contribution < 1.29 is 24.1 Å². The summed E-state index contributed by atoms with van der Waals surface area (Å²) in [6.07, 6.45) is 0.576. The lowest BCUT2D eigenvalue weighted by atomic mass is 10.3. The summed E-state index contributed by atoms with van der Waals surface area (Å²) >= 11 is 0. The van der Waals surface area contributed by atoms with Crippen molar-refractivity contribution in [2.24, 2.45) is 0 Å². The molecule has 1 aromatic carbocycles. The number of benzene rings is 1. The van der Waals surface area contributed by atoms with Crippen LogP contribution < -0.4 is 14.2 Å². The fraction of sp³-hybridized carbons (Fsp3) is 0.364. The summed E-state index contributed by atoms with van der Waals surface area (Å²) in [7, 11) is 0. The average molecular weight is 224 g/mol. The molecule has 16 heavy (non-hydrogen) atoms. The number of hydrogen-bond donors (Lipinski definition) is 1. The van der Waals surface area contributed by atoms with Gasteiger partial charge in [0.05, 0.1) is 0 Å². The second-order valence-corrected chi connectivity index (χ2v) is 3.29. The van der Waals surface area contributed by atoms with Crippen molar-refractivity contribution in [2.45, 2.75) is 12.8 Å². The number of aliphatic hydroxyl groups excluding tert-OH is 1. The lowest BCUT2D eigenvalue weighted by Gasteiger charge is -2.06. The summed E-state index contributed by atoms with van der Waals surface area (Å²) in [6, 6.07) is 5.11. The van der Waals surface area contributed by atoms with Gasteiger partial charge in [0.15, 0.2) is 11.5 Å². The number of aliphatic hydroxyl groups is 1. The molecule has 5 nitrogen and oxygen atoms in total. The quantitative estimate of drug-likeness (QED) is 0.612. The van der Waals surface area contributed by atoms with Crippen LogP contribution in [-0.2, 0) is 4.79 Å². The number of ether oxygens (including phenoxy) is 3. The molecule has 1 heterocycles. The van der Waals surface area contributed by atoms with E-state index < -0.39 is 5.97 Å². The summed E-state index contributed by atoms with van der Waals surface area (Å²) in [5, 5.41) is 8.58. The molecule has 0 aromatic heterocycles. The van der Waals surface area contributed by atoms with Crippen LogP contribution in [0.2, 0.25) is 0 Å². The van der Waals surface area contributed by atoms with Gasteiger partial charge in [-0.2, -0.15) is 0 Å². The Balaban J connectivity index is 2.04. The van der Waals surface area contributed by atoms with E-state index in [0.29, 0.717) is 23.7 Å². The van der Waals surface area contributed by atoms with Gasteiger partial charge in [-0.25, -0.2) is 0 Å². The molecule has 0 aliphatic carbocycles. The van der Waals surface area contributed by atoms with Crippen molar-refractivity contribution in [3.8, 4) is 17.2 Å². The Hall–Kier alpha value is -1.75. The highest BCUT2D eigenvalue weighted by Gasteiger charge is 2.19. The van der Waals surface area contributed by atoms with Crippen LogP contribution in [0.4, 0.5) is 0 Å². The van der Waals surface area contributed by atoms with Crippen LogP contribution in [-0.4, -0.2) is 24.5 Å². The lowest BCUT2D eigenvalue weighted by molar-refractivity contribution is -0.134. The molecule has 0 amide bonds. The second kappa shape index (κ2) is 4.85. The first kappa shape index (κ1) is 10.8. The predicted molar refractivity (Wildman–Crippen MR) is 54.5 cm³/mol. The van der Waals surface area contributed by atoms with E-state index in [1.54, 1.807) is 18.2 Å². The topological polar surface area (TPSA) is 65.0 Å². The predicted octanol–water partition coefficient (Wildman–Crippen LogP) is 1.09. The molecule has 0 bridgehead atoms. The van der Waals surface area contributed by atoms with Gasteiger partial charge < -0.3 is 19.3 Å². The third kappa shape index (κ3) is 2.25. The van der Waals surface area contributed by atoms with Gasteiger partial charge in [0.25, 0.3) is 0 Å². The van der Waals surface area contributed by atoms with E-state index in [1.165, 1.54) is 0 Å². The number of fused-ring (bicyclic) bond motifs is 1. The Bertz CT molecular complexity index is 388. The van der Waals surface area contributed by atoms with Crippen molar-refractivity contribution in [3.63, 3.8) is 0 Å². The summed E-state index contributed by atoms with van der Waals surface area (Å²) < 4.78 is 15.4. The number of rotatable bonds is 4. The van der Waals surface area contributed by atoms with Crippen LogP contribution >= 0.6 is 0 Å². The Morgan fingerprint density at radius 2 is 2.31 bits per heavy atom. The maximum atomic E-state index is 11.3. The molecule has 1 aliphatic rings. The first-order chi connectivity index (χ1) is 7.81. The smallest absolute Gasteiger partial charge is 0.311 e. The molecule has 0 saturated heterocycles. The van der Waals surface area contributed by atoms with Crippen LogP contribution in [0.5, 0.6) is 17.2 Å². The number of para-hydroxylation sites is 1. The maximum Gasteiger partial charge on any atom is 0.311 e. The van der Waals surface area contributed by atoms with E-state index in [0.717, 1.165) is 0 Å². The zero-order chi connectivity index (χ0) is 11.4. The minimum atomic E-state index is -0.391. The molecule has 1 N–H and O–H groups in total. The van der Waals surface area contributed by atoms with Gasteiger partial charge in [-0.3, -0.25) is 4.79 Å². The molecular weight excluding hydrogens is 212 g/mol. The van der Waals surface area contributed by atoms with Crippen LogP contribution in [0.1, 0.15) is 12.8 Å². The SMILES string of the molecule is O=C(CCCO)Oc1cccc2c1OCO2. The number of esters is 1. The molecule has 86 valence electrons. The Morgan fingerprint density at radius 3 is 3.12 bits per heavy atom. The zero-order valence-corrected chi connectivity index (χ0v) is 8.64. The monoisotopic (exact) mass is 224 g/mol. The molecule has 1 aromatic rings. The number of carbonyl (C=O) groups excluding carboxylic acids is 1. The molecule has 1 aliphatic heterocycles. The van der Waals surface area contributed by atoms with E-state index in [9.17, 15) is 4.79 Å². The van der Waals surface area contributed by atoms with E-state index in [-0.39, 0.29) is 19.8 Å². The number of hydrogen-bond acceptors (Lipinski definition) is 5. The minimum absolute atomic E-state index is 0.0262. The van der Waals surface area contributed by atoms with E-state index in [1.807, 2.05) is 0 Å². The highest BCUT2D eigenvalue weighted by Crippen LogP contribution is 2.40. The van der Waals surface area contributed by atoms with E-state index in [4.69, 9.17) is 19.3 Å². The van der Waals surface area contributed by atoms with Crippen LogP contribution in [0.25, 0.3) is 0 Å². The summed E-state index contributed by atoms with van der Waals surface area (Å²) in [4.78, 5) is 11.3. The summed E-state index contributed by atoms with van der Waals surface area (Å²) in [6.45, 7) is 0.113. The molecule has 0 atom stereocenters. The minimum Gasteiger partial charge on any atom is -0.453 e.